The van der Waals surface area contributed by atoms with Gasteiger partial charge in [0.1, 0.15) is 5.82 Å². The molecule has 3 heteroatoms. The Hall–Kier alpha value is -2.55. The lowest BCUT2D eigenvalue weighted by Gasteiger charge is -2.09. The van der Waals surface area contributed by atoms with E-state index in [1.54, 1.807) is 0 Å². The number of anilines is 1. The number of nitrogens with one attached hydrogen (secondary N) is 1. The number of benzene rings is 2. The standard InChI is InChI=1S/C19H19N3/c1-13-7-3-5-9-15(13)18-16-11-12-20-19(16)22(21-18)17-10-6-4-8-14(17)2/h3-10,20H,11-12H2,1-2H3. The van der Waals surface area contributed by atoms with Crippen LogP contribution in [-0.4, -0.2) is 16.3 Å². The molecule has 2 aromatic carbocycles. The summed E-state index contributed by atoms with van der Waals surface area (Å²) in [6.45, 7) is 5.26. The Morgan fingerprint density at radius 3 is 2.45 bits per heavy atom. The molecule has 22 heavy (non-hydrogen) atoms. The van der Waals surface area contributed by atoms with E-state index in [2.05, 4.69) is 72.4 Å². The van der Waals surface area contributed by atoms with Crippen molar-refractivity contribution in [2.75, 3.05) is 11.9 Å². The van der Waals surface area contributed by atoms with Crippen LogP contribution in [0.5, 0.6) is 0 Å². The molecule has 0 saturated carbocycles. The van der Waals surface area contributed by atoms with Gasteiger partial charge >= 0.3 is 0 Å². The maximum absolute atomic E-state index is 4.95. The summed E-state index contributed by atoms with van der Waals surface area (Å²) in [5, 5.41) is 8.45. The zero-order chi connectivity index (χ0) is 15.1. The minimum atomic E-state index is 0.984. The summed E-state index contributed by atoms with van der Waals surface area (Å²) in [4.78, 5) is 0. The predicted octanol–water partition coefficient (Wildman–Crippen LogP) is 4.12. The van der Waals surface area contributed by atoms with Gasteiger partial charge in [-0.05, 0) is 37.5 Å². The quantitative estimate of drug-likeness (QED) is 0.769. The zero-order valence-corrected chi connectivity index (χ0v) is 12.9. The number of hydrogen-bond donors (Lipinski definition) is 1. The normalized spacial score (nSPS) is 13.0. The number of fused-ring (bicyclic) bond motifs is 1. The van der Waals surface area contributed by atoms with Crippen molar-refractivity contribution in [3.63, 3.8) is 0 Å². The van der Waals surface area contributed by atoms with Gasteiger partial charge in [0.2, 0.25) is 0 Å². The van der Waals surface area contributed by atoms with E-state index in [0.717, 1.165) is 30.2 Å². The average molecular weight is 289 g/mol. The van der Waals surface area contributed by atoms with E-state index in [9.17, 15) is 0 Å². The largest absolute Gasteiger partial charge is 0.369 e. The molecule has 0 radical (unpaired) electrons. The van der Waals surface area contributed by atoms with E-state index < -0.39 is 0 Å². The highest BCUT2D eigenvalue weighted by Gasteiger charge is 2.24. The molecule has 1 aliphatic rings. The molecule has 1 aromatic heterocycles. The van der Waals surface area contributed by atoms with Crippen LogP contribution in [0.4, 0.5) is 5.82 Å². The highest BCUT2D eigenvalue weighted by molar-refractivity contribution is 5.74. The van der Waals surface area contributed by atoms with Gasteiger partial charge in [0.25, 0.3) is 0 Å². The van der Waals surface area contributed by atoms with Crippen molar-refractivity contribution in [3.8, 4) is 16.9 Å². The highest BCUT2D eigenvalue weighted by atomic mass is 15.3. The van der Waals surface area contributed by atoms with Crippen LogP contribution in [-0.2, 0) is 6.42 Å². The smallest absolute Gasteiger partial charge is 0.133 e. The molecule has 0 aliphatic carbocycles. The summed E-state index contributed by atoms with van der Waals surface area (Å²) in [5.74, 6) is 1.15. The molecule has 0 bridgehead atoms. The van der Waals surface area contributed by atoms with E-state index in [4.69, 9.17) is 5.10 Å². The molecular formula is C19H19N3. The topological polar surface area (TPSA) is 29.9 Å². The third-order valence-corrected chi connectivity index (χ3v) is 4.39. The van der Waals surface area contributed by atoms with Crippen LogP contribution in [0.2, 0.25) is 0 Å². The van der Waals surface area contributed by atoms with Crippen LogP contribution in [0, 0.1) is 13.8 Å². The summed E-state index contributed by atoms with van der Waals surface area (Å²) >= 11 is 0. The number of para-hydroxylation sites is 1. The van der Waals surface area contributed by atoms with Gasteiger partial charge in [-0.25, -0.2) is 4.68 Å². The van der Waals surface area contributed by atoms with Crippen molar-refractivity contribution >= 4 is 5.82 Å². The molecule has 0 fully saturated rings. The van der Waals surface area contributed by atoms with E-state index in [1.165, 1.54) is 22.3 Å². The fourth-order valence-electron chi connectivity index (χ4n) is 3.21. The minimum Gasteiger partial charge on any atom is -0.369 e. The van der Waals surface area contributed by atoms with Gasteiger partial charge in [0, 0.05) is 17.7 Å². The molecule has 0 spiro atoms. The second-order valence-electron chi connectivity index (χ2n) is 5.87. The van der Waals surface area contributed by atoms with Crippen molar-refractivity contribution < 1.29 is 0 Å². The molecule has 0 atom stereocenters. The molecule has 3 nitrogen and oxygen atoms in total. The predicted molar refractivity (Wildman–Crippen MR) is 90.7 cm³/mol. The second-order valence-corrected chi connectivity index (χ2v) is 5.87. The molecule has 1 aliphatic heterocycles. The molecule has 0 unspecified atom stereocenters. The van der Waals surface area contributed by atoms with Crippen molar-refractivity contribution in [3.05, 3.63) is 65.2 Å². The highest BCUT2D eigenvalue weighted by Crippen LogP contribution is 2.36. The summed E-state index contributed by atoms with van der Waals surface area (Å²) < 4.78 is 2.07. The van der Waals surface area contributed by atoms with Crippen LogP contribution >= 0.6 is 0 Å². The van der Waals surface area contributed by atoms with Crippen LogP contribution in [0.3, 0.4) is 0 Å². The molecule has 0 saturated heterocycles. The van der Waals surface area contributed by atoms with Gasteiger partial charge in [-0.3, -0.25) is 0 Å². The SMILES string of the molecule is Cc1ccccc1-c1nn(-c2ccccc2C)c2c1CCN2. The first kappa shape index (κ1) is 13.1. The Morgan fingerprint density at radius 1 is 0.955 bits per heavy atom. The monoisotopic (exact) mass is 289 g/mol. The van der Waals surface area contributed by atoms with Crippen LogP contribution in [0.15, 0.2) is 48.5 Å². The molecule has 1 N–H and O–H groups in total. The second kappa shape index (κ2) is 5.02. The number of aromatic nitrogens is 2. The molecule has 110 valence electrons. The third kappa shape index (κ3) is 1.93. The first-order valence-corrected chi connectivity index (χ1v) is 7.73. The summed E-state index contributed by atoms with van der Waals surface area (Å²) in [7, 11) is 0. The number of rotatable bonds is 2. The van der Waals surface area contributed by atoms with E-state index in [0.29, 0.717) is 0 Å². The molecule has 3 aromatic rings. The average Bonchev–Trinajstić information content (AvgIpc) is 3.11. The summed E-state index contributed by atoms with van der Waals surface area (Å²) in [6, 6.07) is 16.9. The number of aryl methyl sites for hydroxylation is 2. The van der Waals surface area contributed by atoms with E-state index >= 15 is 0 Å². The van der Waals surface area contributed by atoms with Crippen molar-refractivity contribution in [1.29, 1.82) is 0 Å². The van der Waals surface area contributed by atoms with Gasteiger partial charge in [-0.2, -0.15) is 5.10 Å². The Balaban J connectivity index is 1.95. The lowest BCUT2D eigenvalue weighted by atomic mass is 10.0. The van der Waals surface area contributed by atoms with Crippen LogP contribution < -0.4 is 5.32 Å². The van der Waals surface area contributed by atoms with Gasteiger partial charge in [0.05, 0.1) is 11.4 Å². The zero-order valence-electron chi connectivity index (χ0n) is 12.9. The third-order valence-electron chi connectivity index (χ3n) is 4.39. The first-order chi connectivity index (χ1) is 10.8. The molecular weight excluding hydrogens is 270 g/mol. The molecule has 0 amide bonds. The van der Waals surface area contributed by atoms with Crippen molar-refractivity contribution in [2.45, 2.75) is 20.3 Å². The Labute approximate surface area is 130 Å². The molecule has 4 rings (SSSR count). The van der Waals surface area contributed by atoms with Crippen LogP contribution in [0.25, 0.3) is 16.9 Å². The Morgan fingerprint density at radius 2 is 1.68 bits per heavy atom. The van der Waals surface area contributed by atoms with Crippen molar-refractivity contribution in [2.24, 2.45) is 0 Å². The molecule has 2 heterocycles. The van der Waals surface area contributed by atoms with Gasteiger partial charge in [-0.1, -0.05) is 42.5 Å². The summed E-state index contributed by atoms with van der Waals surface area (Å²) in [5.41, 5.74) is 7.33. The Kier molecular flexibility index (Phi) is 3.00. The number of nitrogens with zero attached hydrogens (tertiary/aromatic N) is 2. The maximum Gasteiger partial charge on any atom is 0.133 e. The minimum absolute atomic E-state index is 0.984. The van der Waals surface area contributed by atoms with E-state index in [-0.39, 0.29) is 0 Å². The maximum atomic E-state index is 4.95. The lowest BCUT2D eigenvalue weighted by Crippen LogP contribution is -2.05. The van der Waals surface area contributed by atoms with Crippen LogP contribution in [0.1, 0.15) is 16.7 Å². The van der Waals surface area contributed by atoms with Gasteiger partial charge in [-0.15, -0.1) is 0 Å². The fraction of sp³-hybridized carbons (Fsp3) is 0.211. The Bertz CT molecular complexity index is 778. The van der Waals surface area contributed by atoms with Gasteiger partial charge in [0.15, 0.2) is 0 Å². The van der Waals surface area contributed by atoms with Gasteiger partial charge < -0.3 is 5.32 Å². The van der Waals surface area contributed by atoms with E-state index in [1.807, 2.05) is 0 Å². The fourth-order valence-corrected chi connectivity index (χ4v) is 3.21. The lowest BCUT2D eigenvalue weighted by molar-refractivity contribution is 0.875. The van der Waals surface area contributed by atoms with Crippen molar-refractivity contribution in [1.82, 2.24) is 9.78 Å². The summed E-state index contributed by atoms with van der Waals surface area (Å²) in [6.07, 6.45) is 1.03. The first-order valence-electron chi connectivity index (χ1n) is 7.73. The number of hydrogen-bond acceptors (Lipinski definition) is 2.